The van der Waals surface area contributed by atoms with E-state index in [-0.39, 0.29) is 0 Å². The van der Waals surface area contributed by atoms with Gasteiger partial charge in [0.2, 0.25) is 5.91 Å². The summed E-state index contributed by atoms with van der Waals surface area (Å²) in [6, 6.07) is -1.43. The van der Waals surface area contributed by atoms with Gasteiger partial charge in [-0.25, -0.2) is 0 Å². The van der Waals surface area contributed by atoms with Gasteiger partial charge in [0.25, 0.3) is 0 Å². The molecule has 0 aromatic heterocycles. The molecular formula is C32H55NO23. The Labute approximate surface area is 319 Å². The first-order valence-electron chi connectivity index (χ1n) is 18.2. The summed E-state index contributed by atoms with van der Waals surface area (Å²) in [6.07, 6.45) is -40.0. The minimum Gasteiger partial charge on any atom is -0.394 e. The van der Waals surface area contributed by atoms with Crippen LogP contribution in [0.5, 0.6) is 0 Å². The number of rotatable bonds is 11. The molecule has 25 atom stereocenters. The van der Waals surface area contributed by atoms with Crippen LogP contribution < -0.4 is 5.32 Å². The zero-order valence-corrected chi connectivity index (χ0v) is 30.7. The summed E-state index contributed by atoms with van der Waals surface area (Å²) in [5, 5.41) is 141. The molecule has 0 aliphatic carbocycles. The maximum absolute atomic E-state index is 11.9. The topological polar surface area (TPSA) is 375 Å². The zero-order valence-electron chi connectivity index (χ0n) is 30.7. The minimum absolute atomic E-state index is 0.658. The summed E-state index contributed by atoms with van der Waals surface area (Å²) in [4.78, 5) is 11.9. The monoisotopic (exact) mass is 821 g/mol. The molecule has 0 aromatic rings. The number of aliphatic hydroxyl groups is 13. The van der Waals surface area contributed by atoms with E-state index in [1.807, 2.05) is 0 Å². The van der Waals surface area contributed by atoms with E-state index in [0.717, 1.165) is 6.92 Å². The van der Waals surface area contributed by atoms with Crippen molar-refractivity contribution in [3.05, 3.63) is 0 Å². The molecule has 5 rings (SSSR count). The predicted octanol–water partition coefficient (Wildman–Crippen LogP) is -8.70. The molecule has 1 amide bonds. The number of hydrogen-bond acceptors (Lipinski definition) is 23. The first kappa shape index (κ1) is 45.7. The summed E-state index contributed by atoms with van der Waals surface area (Å²) < 4.78 is 51.0. The molecular weight excluding hydrogens is 766 g/mol. The summed E-state index contributed by atoms with van der Waals surface area (Å²) in [5.74, 6) is -0.658. The summed E-state index contributed by atoms with van der Waals surface area (Å²) >= 11 is 0. The Morgan fingerprint density at radius 1 is 0.464 bits per heavy atom. The van der Waals surface area contributed by atoms with Gasteiger partial charge in [-0.1, -0.05) is 0 Å². The third-order valence-corrected chi connectivity index (χ3v) is 10.6. The smallest absolute Gasteiger partial charge is 0.217 e. The first-order chi connectivity index (χ1) is 26.3. The average Bonchev–Trinajstić information content (AvgIpc) is 3.15. The van der Waals surface area contributed by atoms with E-state index in [1.54, 1.807) is 0 Å². The Balaban J connectivity index is 1.35. The quantitative estimate of drug-likeness (QED) is 0.0920. The van der Waals surface area contributed by atoms with Crippen LogP contribution in [0.4, 0.5) is 0 Å². The average molecular weight is 822 g/mol. The molecule has 5 aliphatic heterocycles. The van der Waals surface area contributed by atoms with Gasteiger partial charge in [-0.15, -0.1) is 0 Å². The fourth-order valence-corrected chi connectivity index (χ4v) is 7.23. The molecule has 14 N–H and O–H groups in total. The fourth-order valence-electron chi connectivity index (χ4n) is 7.23. The van der Waals surface area contributed by atoms with E-state index in [0.29, 0.717) is 0 Å². The lowest BCUT2D eigenvalue weighted by molar-refractivity contribution is -0.396. The van der Waals surface area contributed by atoms with Gasteiger partial charge in [-0.05, 0) is 20.8 Å². The maximum atomic E-state index is 11.9. The van der Waals surface area contributed by atoms with Crippen LogP contribution in [0.3, 0.4) is 0 Å². The molecule has 0 saturated carbocycles. The molecule has 0 aromatic carbocycles. The van der Waals surface area contributed by atoms with Gasteiger partial charge in [0.05, 0.1) is 31.5 Å². The second kappa shape index (κ2) is 18.9. The molecule has 0 spiro atoms. The minimum atomic E-state index is -1.98. The molecule has 326 valence electrons. The maximum Gasteiger partial charge on any atom is 0.217 e. The molecule has 24 nitrogen and oxygen atoms in total. The van der Waals surface area contributed by atoms with Gasteiger partial charge in [-0.3, -0.25) is 4.79 Å². The second-order valence-electron chi connectivity index (χ2n) is 14.6. The van der Waals surface area contributed by atoms with Crippen LogP contribution in [-0.2, 0) is 47.4 Å². The van der Waals surface area contributed by atoms with E-state index < -0.39 is 173 Å². The molecule has 5 saturated heterocycles. The highest BCUT2D eigenvalue weighted by Gasteiger charge is 2.56. The molecule has 56 heavy (non-hydrogen) atoms. The van der Waals surface area contributed by atoms with Crippen molar-refractivity contribution < 1.29 is 114 Å². The summed E-state index contributed by atoms with van der Waals surface area (Å²) in [7, 11) is 0. The van der Waals surface area contributed by atoms with Gasteiger partial charge in [-0.2, -0.15) is 0 Å². The SMILES string of the molecule is CC(=O)N[C@@H]1[C@@H](O[C@@H]2O[C@@H](C)[C@H](O)[C@@H](O[C@@H]3O[C@@H](C)[C@H](O)[C@@H](O)[C@H]3O[C@@H]3O[C@@H](C)[C@H](O)[C@@H](O[C@@H]4O[C@H](CO)[C@@H](O)[C@H](O)[C@H]4O)[C@H]3O)[C@H]2O)[C@H](O)[C@@H](CO)O[C@H]1O. The van der Waals surface area contributed by atoms with Crippen LogP contribution in [0.15, 0.2) is 0 Å². The van der Waals surface area contributed by atoms with Crippen LogP contribution in [0, 0.1) is 0 Å². The zero-order chi connectivity index (χ0) is 41.5. The summed E-state index contributed by atoms with van der Waals surface area (Å²) in [5.41, 5.74) is 0. The third kappa shape index (κ3) is 9.31. The highest BCUT2D eigenvalue weighted by Crippen LogP contribution is 2.36. The molecule has 24 heteroatoms. The Hall–Kier alpha value is -1.41. The van der Waals surface area contributed by atoms with Crippen LogP contribution in [-0.4, -0.2) is 239 Å². The molecule has 5 fully saturated rings. The number of amides is 1. The van der Waals surface area contributed by atoms with Gasteiger partial charge in [0.15, 0.2) is 31.5 Å². The van der Waals surface area contributed by atoms with Crippen molar-refractivity contribution in [2.75, 3.05) is 13.2 Å². The van der Waals surface area contributed by atoms with Crippen LogP contribution in [0.1, 0.15) is 27.7 Å². The number of nitrogens with one attached hydrogen (secondary N) is 1. The predicted molar refractivity (Wildman–Crippen MR) is 174 cm³/mol. The fraction of sp³-hybridized carbons (Fsp3) is 0.969. The van der Waals surface area contributed by atoms with Crippen molar-refractivity contribution in [1.29, 1.82) is 0 Å². The Morgan fingerprint density at radius 3 is 1.41 bits per heavy atom. The van der Waals surface area contributed by atoms with Crippen molar-refractivity contribution in [2.45, 2.75) is 181 Å². The molecule has 5 aliphatic rings. The number of hydrogen-bond donors (Lipinski definition) is 14. The molecule has 0 radical (unpaired) electrons. The second-order valence-corrected chi connectivity index (χ2v) is 14.6. The Kier molecular flexibility index (Phi) is 15.4. The van der Waals surface area contributed by atoms with Crippen molar-refractivity contribution in [1.82, 2.24) is 5.32 Å². The normalized spacial score (nSPS) is 53.1. The Morgan fingerprint density at radius 2 is 0.893 bits per heavy atom. The van der Waals surface area contributed by atoms with E-state index in [2.05, 4.69) is 5.32 Å². The van der Waals surface area contributed by atoms with Crippen molar-refractivity contribution in [2.24, 2.45) is 0 Å². The van der Waals surface area contributed by atoms with Gasteiger partial charge >= 0.3 is 0 Å². The number of carbonyl (C=O) groups is 1. The number of ether oxygens (including phenoxy) is 9. The van der Waals surface area contributed by atoms with Gasteiger partial charge in [0.1, 0.15) is 104 Å². The third-order valence-electron chi connectivity index (χ3n) is 10.6. The van der Waals surface area contributed by atoms with E-state index >= 15 is 0 Å². The van der Waals surface area contributed by atoms with Crippen molar-refractivity contribution >= 4 is 5.91 Å². The lowest BCUT2D eigenvalue weighted by Gasteiger charge is -2.49. The standard InChI is InChI=1S/C32H55NO23/c1-7-14(37)20(43)27(56-31-22(45)25(15(38)8(2)49-31)54-29-21(44)19(42)17(40)11(5-34)52-29)32(50-7)55-26-16(39)9(3)48-30(23(26)46)53-24-13(33-10(4)36)28(47)51-12(6-35)18(24)41/h7-9,11-32,34-35,37-47H,5-6H2,1-4H3,(H,33,36)/t7-,8-,9-,11+,12+,13+,14-,15-,16-,17+,18+,19-,20+,21+,22+,23+,24+,25+,26+,27+,28+,29-,30-,31-,32-/m0/s1. The number of carbonyl (C=O) groups excluding carboxylic acids is 1. The highest BCUT2D eigenvalue weighted by molar-refractivity contribution is 5.73. The van der Waals surface area contributed by atoms with E-state index in [4.69, 9.17) is 42.6 Å². The van der Waals surface area contributed by atoms with Gasteiger partial charge in [0, 0.05) is 6.92 Å². The first-order valence-corrected chi connectivity index (χ1v) is 18.2. The summed E-state index contributed by atoms with van der Waals surface area (Å²) in [6.45, 7) is 3.62. The van der Waals surface area contributed by atoms with E-state index in [9.17, 15) is 71.2 Å². The Bertz CT molecular complexity index is 1270. The van der Waals surface area contributed by atoms with Crippen LogP contribution in [0.2, 0.25) is 0 Å². The lowest BCUT2D eigenvalue weighted by atomic mass is 9.95. The lowest BCUT2D eigenvalue weighted by Crippen LogP contribution is -2.68. The van der Waals surface area contributed by atoms with Crippen molar-refractivity contribution in [3.63, 3.8) is 0 Å². The van der Waals surface area contributed by atoms with Crippen LogP contribution >= 0.6 is 0 Å². The van der Waals surface area contributed by atoms with Crippen LogP contribution in [0.25, 0.3) is 0 Å². The highest BCUT2D eigenvalue weighted by atomic mass is 16.8. The largest absolute Gasteiger partial charge is 0.394 e. The number of aliphatic hydroxyl groups excluding tert-OH is 13. The molecule has 0 bridgehead atoms. The molecule has 0 unspecified atom stereocenters. The molecule has 5 heterocycles. The van der Waals surface area contributed by atoms with E-state index in [1.165, 1.54) is 20.8 Å². The van der Waals surface area contributed by atoms with Crippen molar-refractivity contribution in [3.8, 4) is 0 Å². The van der Waals surface area contributed by atoms with Gasteiger partial charge < -0.3 is 114 Å².